The number of aldehydes is 2. The van der Waals surface area contributed by atoms with E-state index >= 15 is 0 Å². The Balaban J connectivity index is -0.000000455. The Bertz CT molecular complexity index is 409. The molecule has 0 aromatic carbocycles. The zero-order valence-corrected chi connectivity index (χ0v) is 25.7. The Morgan fingerprint density at radius 1 is 0.556 bits per heavy atom. The first-order chi connectivity index (χ1) is 17.5. The van der Waals surface area contributed by atoms with E-state index in [0.717, 1.165) is 37.8 Å². The van der Waals surface area contributed by atoms with Crippen LogP contribution in [-0.4, -0.2) is 19.7 Å². The van der Waals surface area contributed by atoms with E-state index in [4.69, 9.17) is 4.74 Å². The van der Waals surface area contributed by atoms with E-state index < -0.39 is 0 Å². The van der Waals surface area contributed by atoms with Gasteiger partial charge < -0.3 is 14.3 Å². The molecule has 0 atom stereocenters. The van der Waals surface area contributed by atoms with Crippen molar-refractivity contribution in [3.05, 3.63) is 12.3 Å². The summed E-state index contributed by atoms with van der Waals surface area (Å²) >= 11 is 0. The Hall–Kier alpha value is -1.12. The molecule has 36 heavy (non-hydrogen) atoms. The molecule has 0 spiro atoms. The van der Waals surface area contributed by atoms with Crippen LogP contribution in [0.3, 0.4) is 0 Å². The highest BCUT2D eigenvalue weighted by Gasteiger charge is 2.06. The molecule has 0 aliphatic heterocycles. The molecule has 0 N–H and O–H groups in total. The fraction of sp³-hybridized carbons (Fsp3) is 0.879. The summed E-state index contributed by atoms with van der Waals surface area (Å²) in [5.41, 5.74) is 0. The van der Waals surface area contributed by atoms with Crippen LogP contribution in [-0.2, 0) is 14.3 Å². The van der Waals surface area contributed by atoms with Gasteiger partial charge in [-0.1, -0.05) is 131 Å². The fourth-order valence-electron chi connectivity index (χ4n) is 4.17. The normalized spacial score (nSPS) is 10.8. The maximum absolute atomic E-state index is 10.5. The van der Waals surface area contributed by atoms with Gasteiger partial charge in [-0.15, -0.1) is 0 Å². The number of methoxy groups -OCH3 is 1. The largest absolute Gasteiger partial charge is 0.505 e. The Morgan fingerprint density at radius 2 is 0.917 bits per heavy atom. The lowest BCUT2D eigenvalue weighted by Crippen LogP contribution is -2.01. The molecular formula is C33H66O3. The number of carbonyl (C=O) groups excluding carboxylic acids is 2. The first kappa shape index (κ1) is 39.4. The third kappa shape index (κ3) is 32.9. The molecule has 0 rings (SSSR count). The molecule has 0 saturated heterocycles. The van der Waals surface area contributed by atoms with Gasteiger partial charge in [-0.25, -0.2) is 0 Å². The maximum atomic E-state index is 10.5. The van der Waals surface area contributed by atoms with Crippen molar-refractivity contribution in [2.75, 3.05) is 7.11 Å². The minimum absolute atomic E-state index is 0.342. The third-order valence-corrected chi connectivity index (χ3v) is 6.75. The van der Waals surface area contributed by atoms with Crippen molar-refractivity contribution in [1.29, 1.82) is 0 Å². The zero-order valence-electron chi connectivity index (χ0n) is 25.7. The van der Waals surface area contributed by atoms with Crippen LogP contribution >= 0.6 is 0 Å². The van der Waals surface area contributed by atoms with E-state index in [0.29, 0.717) is 11.8 Å². The summed E-state index contributed by atoms with van der Waals surface area (Å²) in [6.07, 6.45) is 29.5. The van der Waals surface area contributed by atoms with Crippen LogP contribution in [0.5, 0.6) is 0 Å². The van der Waals surface area contributed by atoms with Gasteiger partial charge in [0.05, 0.1) is 13.4 Å². The molecule has 0 aliphatic rings. The van der Waals surface area contributed by atoms with Crippen LogP contribution in [0.2, 0.25) is 0 Å². The van der Waals surface area contributed by atoms with Crippen LogP contribution < -0.4 is 0 Å². The predicted molar refractivity (Wildman–Crippen MR) is 161 cm³/mol. The van der Waals surface area contributed by atoms with Crippen molar-refractivity contribution in [3.63, 3.8) is 0 Å². The topological polar surface area (TPSA) is 43.4 Å². The van der Waals surface area contributed by atoms with Crippen LogP contribution in [0.1, 0.15) is 164 Å². The van der Waals surface area contributed by atoms with Crippen molar-refractivity contribution in [1.82, 2.24) is 0 Å². The molecule has 0 aliphatic carbocycles. The van der Waals surface area contributed by atoms with Crippen molar-refractivity contribution in [2.45, 2.75) is 164 Å². The summed E-state index contributed by atoms with van der Waals surface area (Å²) in [5.74, 6) is 1.75. The lowest BCUT2D eigenvalue weighted by molar-refractivity contribution is -0.111. The summed E-state index contributed by atoms with van der Waals surface area (Å²) in [5, 5.41) is 0. The Morgan fingerprint density at radius 3 is 1.22 bits per heavy atom. The van der Waals surface area contributed by atoms with Crippen molar-refractivity contribution >= 4 is 12.6 Å². The zero-order chi connectivity index (χ0) is 27.7. The van der Waals surface area contributed by atoms with Crippen molar-refractivity contribution in [3.8, 4) is 0 Å². The number of ether oxygens (including phenoxy) is 1. The molecule has 0 unspecified atom stereocenters. The number of carbonyl (C=O) groups is 2. The molecule has 0 saturated carbocycles. The summed E-state index contributed by atoms with van der Waals surface area (Å²) < 4.78 is 4.95. The molecule has 0 amide bonds. The quantitative estimate of drug-likeness (QED) is 0.101. The summed E-state index contributed by atoms with van der Waals surface area (Å²) in [6, 6.07) is 0. The van der Waals surface area contributed by atoms with E-state index in [1.54, 1.807) is 7.11 Å². The minimum Gasteiger partial charge on any atom is -0.505 e. The molecule has 0 aromatic rings. The number of hydrogen-bond donors (Lipinski definition) is 0. The molecule has 0 heterocycles. The minimum atomic E-state index is 0.342. The first-order valence-electron chi connectivity index (χ1n) is 15.6. The average Bonchev–Trinajstić information content (AvgIpc) is 2.90. The van der Waals surface area contributed by atoms with Gasteiger partial charge in [-0.2, -0.15) is 0 Å². The van der Waals surface area contributed by atoms with Gasteiger partial charge in [-0.3, -0.25) is 0 Å². The second kappa shape index (κ2) is 36.0. The number of allylic oxidation sites excluding steroid dienone is 1. The molecule has 3 heteroatoms. The standard InChI is InChI=1S/C12H24O.C11H22O.C10H20O/c1-4-6-8-12(9-7-5-2)10-11-13-3;1-3-5-7-11(9-10-12)8-6-4-2;1-3-5-7-10(9-11)8-6-4-2/h10-12H,4-9H2,1-3H3;10-11H,3-9H2,1-2H3;9-10H,3-8H2,1-2H3. The molecule has 216 valence electrons. The Kier molecular flexibility index (Phi) is 39.4. The van der Waals surface area contributed by atoms with E-state index in [-0.39, 0.29) is 0 Å². The molecule has 0 fully saturated rings. The highest BCUT2D eigenvalue weighted by atomic mass is 16.5. The van der Waals surface area contributed by atoms with Crippen LogP contribution in [0.25, 0.3) is 0 Å². The predicted octanol–water partition coefficient (Wildman–Crippen LogP) is 10.9. The fourth-order valence-corrected chi connectivity index (χ4v) is 4.17. The smallest absolute Gasteiger partial charge is 0.123 e. The molecular weight excluding hydrogens is 444 g/mol. The van der Waals surface area contributed by atoms with Gasteiger partial charge in [0.1, 0.15) is 12.6 Å². The summed E-state index contributed by atoms with van der Waals surface area (Å²) in [7, 11) is 1.72. The summed E-state index contributed by atoms with van der Waals surface area (Å²) in [4.78, 5) is 20.9. The monoisotopic (exact) mass is 511 g/mol. The van der Waals surface area contributed by atoms with Gasteiger partial charge in [-0.05, 0) is 43.6 Å². The molecule has 0 aromatic heterocycles. The number of unbranched alkanes of at least 4 members (excludes halogenated alkanes) is 6. The number of hydrogen-bond acceptors (Lipinski definition) is 3. The highest BCUT2D eigenvalue weighted by molar-refractivity contribution is 5.53. The number of rotatable bonds is 23. The lowest BCUT2D eigenvalue weighted by atomic mass is 9.94. The maximum Gasteiger partial charge on any atom is 0.123 e. The van der Waals surface area contributed by atoms with E-state index in [9.17, 15) is 9.59 Å². The van der Waals surface area contributed by atoms with Gasteiger partial charge in [0.2, 0.25) is 0 Å². The van der Waals surface area contributed by atoms with Gasteiger partial charge in [0, 0.05) is 12.3 Å². The van der Waals surface area contributed by atoms with Crippen LogP contribution in [0.4, 0.5) is 0 Å². The second-order valence-corrected chi connectivity index (χ2v) is 10.3. The van der Waals surface area contributed by atoms with Gasteiger partial charge in [0.15, 0.2) is 0 Å². The SMILES string of the molecule is CCCCC(C=COC)CCCC.CCCCC(C=O)CCCC.CCCCC(CC=O)CCCC. The van der Waals surface area contributed by atoms with E-state index in [1.165, 1.54) is 103 Å². The molecule has 0 bridgehead atoms. The van der Waals surface area contributed by atoms with Crippen LogP contribution in [0.15, 0.2) is 12.3 Å². The van der Waals surface area contributed by atoms with Gasteiger partial charge in [0.25, 0.3) is 0 Å². The first-order valence-corrected chi connectivity index (χ1v) is 15.6. The van der Waals surface area contributed by atoms with E-state index in [2.05, 4.69) is 47.6 Å². The average molecular weight is 511 g/mol. The van der Waals surface area contributed by atoms with E-state index in [1.807, 2.05) is 6.26 Å². The van der Waals surface area contributed by atoms with Crippen molar-refractivity contribution in [2.24, 2.45) is 17.8 Å². The molecule has 0 radical (unpaired) electrons. The Labute approximate surface area is 227 Å². The van der Waals surface area contributed by atoms with Crippen molar-refractivity contribution < 1.29 is 14.3 Å². The second-order valence-electron chi connectivity index (χ2n) is 10.3. The van der Waals surface area contributed by atoms with Gasteiger partial charge >= 0.3 is 0 Å². The van der Waals surface area contributed by atoms with Crippen LogP contribution in [0, 0.1) is 17.8 Å². The molecule has 3 nitrogen and oxygen atoms in total. The highest BCUT2D eigenvalue weighted by Crippen LogP contribution is 2.19. The lowest BCUT2D eigenvalue weighted by Gasteiger charge is -2.12. The third-order valence-electron chi connectivity index (χ3n) is 6.75. The summed E-state index contributed by atoms with van der Waals surface area (Å²) in [6.45, 7) is 13.2.